The molecule has 0 aromatic carbocycles. The second-order valence-electron chi connectivity index (χ2n) is 2.29. The number of H-pyrrole nitrogens is 1. The minimum absolute atomic E-state index is 0.668. The van der Waals surface area contributed by atoms with Crippen molar-refractivity contribution in [2.75, 3.05) is 0 Å². The lowest BCUT2D eigenvalue weighted by Gasteiger charge is -1.94. The third kappa shape index (κ3) is 1.44. The van der Waals surface area contributed by atoms with Gasteiger partial charge in [0.05, 0.1) is 23.0 Å². The number of aromatic nitrogens is 2. The van der Waals surface area contributed by atoms with Crippen molar-refractivity contribution >= 4 is 23.6 Å². The molecule has 12 heavy (non-hydrogen) atoms. The Labute approximate surface area is 78.9 Å². The summed E-state index contributed by atoms with van der Waals surface area (Å²) in [5.41, 5.74) is 0.984. The van der Waals surface area contributed by atoms with Crippen LogP contribution in [0.25, 0.3) is 10.6 Å². The fraction of sp³-hybridized carbons (Fsp3) is 0. The van der Waals surface area contributed by atoms with Crippen molar-refractivity contribution in [3.8, 4) is 10.6 Å². The van der Waals surface area contributed by atoms with Crippen molar-refractivity contribution in [1.29, 1.82) is 0 Å². The molecular weight excluding hydrogens is 188 g/mol. The number of aromatic amines is 1. The third-order valence-electron chi connectivity index (χ3n) is 1.44. The summed E-state index contributed by atoms with van der Waals surface area (Å²) >= 11 is 6.63. The smallest absolute Gasteiger partial charge is 0.122 e. The number of nitrogens with one attached hydrogen (secondary N) is 1. The van der Waals surface area contributed by atoms with Crippen molar-refractivity contribution in [3.63, 3.8) is 0 Å². The molecule has 2 heterocycles. The number of rotatable bonds is 1. The second-order valence-corrected chi connectivity index (χ2v) is 3.68. The molecule has 0 aliphatic carbocycles. The van der Waals surface area contributed by atoms with Gasteiger partial charge in [-0.3, -0.25) is 4.98 Å². The van der Waals surface area contributed by atoms with Gasteiger partial charge in [-0.05, 0) is 11.4 Å². The quantitative estimate of drug-likeness (QED) is 0.707. The Morgan fingerprint density at radius 2 is 2.33 bits per heavy atom. The number of hydrogen-bond acceptors (Lipinski definition) is 3. The largest absolute Gasteiger partial charge is 0.343 e. The highest BCUT2D eigenvalue weighted by atomic mass is 32.1. The van der Waals surface area contributed by atoms with Gasteiger partial charge >= 0.3 is 0 Å². The zero-order valence-corrected chi connectivity index (χ0v) is 7.78. The van der Waals surface area contributed by atoms with E-state index >= 15 is 0 Å². The van der Waals surface area contributed by atoms with E-state index in [0.29, 0.717) is 4.64 Å². The van der Waals surface area contributed by atoms with Crippen LogP contribution in [-0.2, 0) is 0 Å². The van der Waals surface area contributed by atoms with E-state index in [1.54, 1.807) is 23.7 Å². The van der Waals surface area contributed by atoms with Gasteiger partial charge in [-0.2, -0.15) is 0 Å². The van der Waals surface area contributed by atoms with E-state index in [1.807, 2.05) is 17.5 Å². The van der Waals surface area contributed by atoms with Crippen LogP contribution in [0.1, 0.15) is 0 Å². The normalized spacial score (nSPS) is 10.0. The van der Waals surface area contributed by atoms with Gasteiger partial charge in [-0.15, -0.1) is 11.3 Å². The average Bonchev–Trinajstić information content (AvgIpc) is 2.56. The first kappa shape index (κ1) is 7.64. The van der Waals surface area contributed by atoms with E-state index in [1.165, 1.54) is 0 Å². The SMILES string of the molecule is S=c1cncc(-c2cccs2)[nH]1. The second kappa shape index (κ2) is 3.16. The lowest BCUT2D eigenvalue weighted by molar-refractivity contribution is 1.19. The topological polar surface area (TPSA) is 28.7 Å². The molecule has 0 unspecified atom stereocenters. The van der Waals surface area contributed by atoms with E-state index in [9.17, 15) is 0 Å². The van der Waals surface area contributed by atoms with E-state index in [0.717, 1.165) is 10.6 Å². The van der Waals surface area contributed by atoms with Crippen LogP contribution in [0.15, 0.2) is 29.9 Å². The summed E-state index contributed by atoms with van der Waals surface area (Å²) < 4.78 is 0.668. The minimum atomic E-state index is 0.668. The molecule has 0 spiro atoms. The molecule has 0 radical (unpaired) electrons. The first-order chi connectivity index (χ1) is 5.86. The molecule has 1 N–H and O–H groups in total. The summed E-state index contributed by atoms with van der Waals surface area (Å²) in [7, 11) is 0. The van der Waals surface area contributed by atoms with Crippen LogP contribution in [0.5, 0.6) is 0 Å². The molecule has 0 aliphatic rings. The lowest BCUT2D eigenvalue weighted by atomic mass is 10.4. The van der Waals surface area contributed by atoms with Crippen LogP contribution < -0.4 is 0 Å². The van der Waals surface area contributed by atoms with Gasteiger partial charge < -0.3 is 4.98 Å². The first-order valence-corrected chi connectivity index (χ1v) is 4.73. The molecule has 4 heteroatoms. The van der Waals surface area contributed by atoms with Gasteiger partial charge in [0, 0.05) is 0 Å². The van der Waals surface area contributed by atoms with Crippen LogP contribution in [0.4, 0.5) is 0 Å². The Morgan fingerprint density at radius 3 is 3.00 bits per heavy atom. The van der Waals surface area contributed by atoms with E-state index < -0.39 is 0 Å². The van der Waals surface area contributed by atoms with Crippen LogP contribution in [-0.4, -0.2) is 9.97 Å². The van der Waals surface area contributed by atoms with Gasteiger partial charge in [0.1, 0.15) is 4.64 Å². The highest BCUT2D eigenvalue weighted by molar-refractivity contribution is 7.71. The zero-order valence-electron chi connectivity index (χ0n) is 6.15. The molecular formula is C8H6N2S2. The number of thiophene rings is 1. The van der Waals surface area contributed by atoms with E-state index in [4.69, 9.17) is 12.2 Å². The third-order valence-corrected chi connectivity index (χ3v) is 2.55. The van der Waals surface area contributed by atoms with Crippen LogP contribution in [0, 0.1) is 4.64 Å². The monoisotopic (exact) mass is 194 g/mol. The van der Waals surface area contributed by atoms with Crippen molar-refractivity contribution in [1.82, 2.24) is 9.97 Å². The maximum absolute atomic E-state index is 4.96. The van der Waals surface area contributed by atoms with Gasteiger partial charge in [-0.25, -0.2) is 0 Å². The van der Waals surface area contributed by atoms with Crippen LogP contribution in [0.2, 0.25) is 0 Å². The highest BCUT2D eigenvalue weighted by Crippen LogP contribution is 2.20. The van der Waals surface area contributed by atoms with Gasteiger partial charge in [-0.1, -0.05) is 18.3 Å². The summed E-state index contributed by atoms with van der Waals surface area (Å²) in [5, 5.41) is 2.03. The molecule has 0 fully saturated rings. The molecule has 0 saturated carbocycles. The maximum atomic E-state index is 4.96. The highest BCUT2D eigenvalue weighted by Gasteiger charge is 1.96. The Kier molecular flexibility index (Phi) is 2.01. The Morgan fingerprint density at radius 1 is 1.42 bits per heavy atom. The predicted octanol–water partition coefficient (Wildman–Crippen LogP) is 2.87. The van der Waals surface area contributed by atoms with Crippen molar-refractivity contribution in [2.24, 2.45) is 0 Å². The first-order valence-electron chi connectivity index (χ1n) is 3.44. The van der Waals surface area contributed by atoms with Crippen molar-refractivity contribution in [2.45, 2.75) is 0 Å². The number of nitrogens with zero attached hydrogens (tertiary/aromatic N) is 1. The molecule has 60 valence electrons. The van der Waals surface area contributed by atoms with E-state index in [2.05, 4.69) is 9.97 Å². The maximum Gasteiger partial charge on any atom is 0.122 e. The molecule has 0 aliphatic heterocycles. The zero-order chi connectivity index (χ0) is 8.39. The lowest BCUT2D eigenvalue weighted by Crippen LogP contribution is -1.81. The van der Waals surface area contributed by atoms with Gasteiger partial charge in [0.2, 0.25) is 0 Å². The molecule has 2 aromatic heterocycles. The number of hydrogen-bond donors (Lipinski definition) is 1. The Hall–Kier alpha value is -1.00. The molecule has 2 rings (SSSR count). The summed E-state index contributed by atoms with van der Waals surface area (Å²) in [5.74, 6) is 0. The fourth-order valence-electron chi connectivity index (χ4n) is 0.934. The molecule has 2 aromatic rings. The summed E-state index contributed by atoms with van der Waals surface area (Å²) in [6.07, 6.45) is 3.41. The standard InChI is InChI=1S/C8H6N2S2/c11-8-5-9-4-6(10-8)7-2-1-3-12-7/h1-5H,(H,10,11). The molecule has 2 nitrogen and oxygen atoms in total. The summed E-state index contributed by atoms with van der Waals surface area (Å²) in [6.45, 7) is 0. The minimum Gasteiger partial charge on any atom is -0.343 e. The molecule has 0 bridgehead atoms. The van der Waals surface area contributed by atoms with Gasteiger partial charge in [0.15, 0.2) is 0 Å². The average molecular weight is 194 g/mol. The summed E-state index contributed by atoms with van der Waals surface area (Å²) in [4.78, 5) is 8.25. The predicted molar refractivity (Wildman–Crippen MR) is 52.7 cm³/mol. The van der Waals surface area contributed by atoms with Crippen molar-refractivity contribution < 1.29 is 0 Å². The fourth-order valence-corrected chi connectivity index (χ4v) is 1.80. The van der Waals surface area contributed by atoms with Gasteiger partial charge in [0.25, 0.3) is 0 Å². The molecule has 0 atom stereocenters. The Bertz CT molecular complexity index is 417. The van der Waals surface area contributed by atoms with E-state index in [-0.39, 0.29) is 0 Å². The molecule has 0 saturated heterocycles. The molecule has 0 amide bonds. The van der Waals surface area contributed by atoms with Crippen LogP contribution in [0.3, 0.4) is 0 Å². The van der Waals surface area contributed by atoms with Crippen molar-refractivity contribution in [3.05, 3.63) is 34.5 Å². The summed E-state index contributed by atoms with van der Waals surface area (Å²) in [6, 6.07) is 4.04. The van der Waals surface area contributed by atoms with Crippen LogP contribution >= 0.6 is 23.6 Å². The Balaban J connectivity index is 2.55.